The minimum Gasteiger partial charge on any atom is -0.449 e. The summed E-state index contributed by atoms with van der Waals surface area (Å²) in [6.45, 7) is 7.62. The second kappa shape index (κ2) is 8.93. The van der Waals surface area contributed by atoms with Crippen LogP contribution in [0.4, 0.5) is 0 Å². The van der Waals surface area contributed by atoms with E-state index in [0.717, 1.165) is 12.8 Å². The van der Waals surface area contributed by atoms with Gasteiger partial charge in [-0.2, -0.15) is 9.57 Å². The van der Waals surface area contributed by atoms with Crippen LogP contribution in [0.15, 0.2) is 29.2 Å². The first kappa shape index (κ1) is 22.8. The van der Waals surface area contributed by atoms with Crippen molar-refractivity contribution in [3.8, 4) is 6.07 Å². The van der Waals surface area contributed by atoms with Gasteiger partial charge in [0.15, 0.2) is 6.10 Å². The van der Waals surface area contributed by atoms with Crippen molar-refractivity contribution in [2.45, 2.75) is 57.1 Å². The Kier molecular flexibility index (Phi) is 7.03. The van der Waals surface area contributed by atoms with E-state index in [9.17, 15) is 23.3 Å². The standard InChI is InChI=1S/C20H27N3O5S/c1-14(2)20(4,13-21)22-18(24)15(3)28-19(25)16-7-9-17(10-8-16)29(26,27)23-11-5-6-12-23/h7-10,14-15H,5-6,11-12H2,1-4H3,(H,22,24)/t15-,20-/m1/s1. The van der Waals surface area contributed by atoms with Gasteiger partial charge >= 0.3 is 5.97 Å². The zero-order valence-electron chi connectivity index (χ0n) is 17.1. The number of amides is 1. The average molecular weight is 422 g/mol. The highest BCUT2D eigenvalue weighted by molar-refractivity contribution is 7.89. The summed E-state index contributed by atoms with van der Waals surface area (Å²) < 4.78 is 31.7. The molecule has 2 atom stereocenters. The van der Waals surface area contributed by atoms with Gasteiger partial charge in [-0.05, 0) is 56.9 Å². The summed E-state index contributed by atoms with van der Waals surface area (Å²) in [4.78, 5) is 24.7. The smallest absolute Gasteiger partial charge is 0.338 e. The summed E-state index contributed by atoms with van der Waals surface area (Å²) in [5.74, 6) is -1.46. The fourth-order valence-electron chi connectivity index (χ4n) is 2.78. The molecule has 158 valence electrons. The van der Waals surface area contributed by atoms with Gasteiger partial charge in [0.25, 0.3) is 5.91 Å². The third kappa shape index (κ3) is 5.14. The molecule has 2 rings (SSSR count). The van der Waals surface area contributed by atoms with Gasteiger partial charge in [-0.3, -0.25) is 4.79 Å². The second-order valence-electron chi connectivity index (χ2n) is 7.64. The van der Waals surface area contributed by atoms with Crippen molar-refractivity contribution >= 4 is 21.9 Å². The zero-order chi connectivity index (χ0) is 21.8. The van der Waals surface area contributed by atoms with E-state index in [4.69, 9.17) is 4.74 Å². The van der Waals surface area contributed by atoms with Crippen molar-refractivity contribution in [3.05, 3.63) is 29.8 Å². The van der Waals surface area contributed by atoms with Crippen molar-refractivity contribution in [1.29, 1.82) is 5.26 Å². The molecule has 1 N–H and O–H groups in total. The number of nitrogens with zero attached hydrogens (tertiary/aromatic N) is 2. The Morgan fingerprint density at radius 2 is 1.72 bits per heavy atom. The number of benzene rings is 1. The zero-order valence-corrected chi connectivity index (χ0v) is 18.0. The fraction of sp³-hybridized carbons (Fsp3) is 0.550. The van der Waals surface area contributed by atoms with E-state index in [1.54, 1.807) is 20.8 Å². The molecule has 1 aromatic carbocycles. The van der Waals surface area contributed by atoms with Gasteiger partial charge < -0.3 is 10.1 Å². The Hall–Kier alpha value is -2.44. The molecule has 0 unspecified atom stereocenters. The molecule has 8 nitrogen and oxygen atoms in total. The van der Waals surface area contributed by atoms with Crippen LogP contribution in [0.2, 0.25) is 0 Å². The summed E-state index contributed by atoms with van der Waals surface area (Å²) in [7, 11) is -3.56. The maximum atomic E-state index is 12.5. The van der Waals surface area contributed by atoms with Crippen LogP contribution in [0.3, 0.4) is 0 Å². The molecule has 1 fully saturated rings. The topological polar surface area (TPSA) is 117 Å². The van der Waals surface area contributed by atoms with E-state index >= 15 is 0 Å². The SMILES string of the molecule is CC(C)[C@@](C)(C#N)NC(=O)[C@@H](C)OC(=O)c1ccc(S(=O)(=O)N2CCCC2)cc1. The minimum atomic E-state index is -3.56. The molecule has 0 aromatic heterocycles. The molecular weight excluding hydrogens is 394 g/mol. The number of ether oxygens (including phenoxy) is 1. The second-order valence-corrected chi connectivity index (χ2v) is 9.58. The number of esters is 1. The molecule has 0 aliphatic carbocycles. The number of carbonyl (C=O) groups is 2. The predicted molar refractivity (Wildman–Crippen MR) is 106 cm³/mol. The van der Waals surface area contributed by atoms with Gasteiger partial charge in [-0.1, -0.05) is 13.8 Å². The number of nitriles is 1. The molecule has 29 heavy (non-hydrogen) atoms. The first-order valence-electron chi connectivity index (χ1n) is 9.55. The third-order valence-corrected chi connectivity index (χ3v) is 7.13. The quantitative estimate of drug-likeness (QED) is 0.674. The molecule has 1 amide bonds. The monoisotopic (exact) mass is 421 g/mol. The number of hydrogen-bond acceptors (Lipinski definition) is 6. The van der Waals surface area contributed by atoms with Crippen molar-refractivity contribution in [2.24, 2.45) is 5.92 Å². The minimum absolute atomic E-state index is 0.114. The molecule has 9 heteroatoms. The highest BCUT2D eigenvalue weighted by Gasteiger charge is 2.33. The highest BCUT2D eigenvalue weighted by Crippen LogP contribution is 2.21. The molecule has 1 heterocycles. The largest absolute Gasteiger partial charge is 0.449 e. The third-order valence-electron chi connectivity index (χ3n) is 5.22. The summed E-state index contributed by atoms with van der Waals surface area (Å²) in [6.07, 6.45) is 0.568. The number of carbonyl (C=O) groups excluding carboxylic acids is 2. The van der Waals surface area contributed by atoms with Gasteiger partial charge in [0.2, 0.25) is 10.0 Å². The summed E-state index contributed by atoms with van der Waals surface area (Å²) in [6, 6.07) is 7.51. The van der Waals surface area contributed by atoms with Crippen LogP contribution in [0.1, 0.15) is 50.9 Å². The maximum absolute atomic E-state index is 12.5. The summed E-state index contributed by atoms with van der Waals surface area (Å²) in [5, 5.41) is 11.9. The van der Waals surface area contributed by atoms with E-state index < -0.39 is 33.5 Å². The Balaban J connectivity index is 2.03. The average Bonchev–Trinajstić information content (AvgIpc) is 3.23. The Morgan fingerprint density at radius 3 is 2.21 bits per heavy atom. The molecule has 0 spiro atoms. The lowest BCUT2D eigenvalue weighted by molar-refractivity contribution is -0.130. The number of hydrogen-bond donors (Lipinski definition) is 1. The van der Waals surface area contributed by atoms with E-state index in [1.165, 1.54) is 35.5 Å². The number of sulfonamides is 1. The normalized spacial score (nSPS) is 17.9. The summed E-state index contributed by atoms with van der Waals surface area (Å²) >= 11 is 0. The molecule has 1 aliphatic rings. The maximum Gasteiger partial charge on any atom is 0.338 e. The van der Waals surface area contributed by atoms with Crippen molar-refractivity contribution in [2.75, 3.05) is 13.1 Å². The highest BCUT2D eigenvalue weighted by atomic mass is 32.2. The lowest BCUT2D eigenvalue weighted by Crippen LogP contribution is -2.52. The molecule has 0 bridgehead atoms. The van der Waals surface area contributed by atoms with Gasteiger partial charge in [0.1, 0.15) is 5.54 Å². The van der Waals surface area contributed by atoms with Crippen LogP contribution in [-0.4, -0.2) is 49.3 Å². The Morgan fingerprint density at radius 1 is 1.17 bits per heavy atom. The van der Waals surface area contributed by atoms with Crippen molar-refractivity contribution in [3.63, 3.8) is 0 Å². The molecule has 1 aliphatic heterocycles. The first-order valence-corrected chi connectivity index (χ1v) is 11.0. The van der Waals surface area contributed by atoms with Gasteiger partial charge in [-0.15, -0.1) is 0 Å². The van der Waals surface area contributed by atoms with E-state index in [2.05, 4.69) is 11.4 Å². The van der Waals surface area contributed by atoms with Crippen molar-refractivity contribution in [1.82, 2.24) is 9.62 Å². The van der Waals surface area contributed by atoms with Crippen LogP contribution in [0.25, 0.3) is 0 Å². The van der Waals surface area contributed by atoms with Gasteiger partial charge in [0.05, 0.1) is 16.5 Å². The number of nitrogens with one attached hydrogen (secondary N) is 1. The van der Waals surface area contributed by atoms with Crippen LogP contribution in [0.5, 0.6) is 0 Å². The van der Waals surface area contributed by atoms with Crippen LogP contribution in [0, 0.1) is 17.2 Å². The van der Waals surface area contributed by atoms with Crippen LogP contribution in [-0.2, 0) is 19.6 Å². The lowest BCUT2D eigenvalue weighted by Gasteiger charge is -2.28. The fourth-order valence-corrected chi connectivity index (χ4v) is 4.30. The molecule has 0 saturated carbocycles. The van der Waals surface area contributed by atoms with Gasteiger partial charge in [0, 0.05) is 13.1 Å². The summed E-state index contributed by atoms with van der Waals surface area (Å²) in [5.41, 5.74) is -0.944. The van der Waals surface area contributed by atoms with E-state index in [-0.39, 0.29) is 16.4 Å². The van der Waals surface area contributed by atoms with E-state index in [1.807, 2.05) is 0 Å². The Labute approximate surface area is 171 Å². The Bertz CT molecular complexity index is 899. The first-order chi connectivity index (χ1) is 13.5. The molecular formula is C20H27N3O5S. The number of rotatable bonds is 7. The van der Waals surface area contributed by atoms with Crippen LogP contribution >= 0.6 is 0 Å². The van der Waals surface area contributed by atoms with Crippen molar-refractivity contribution < 1.29 is 22.7 Å². The molecule has 1 aromatic rings. The van der Waals surface area contributed by atoms with Gasteiger partial charge in [-0.25, -0.2) is 13.2 Å². The van der Waals surface area contributed by atoms with Crippen LogP contribution < -0.4 is 5.32 Å². The lowest BCUT2D eigenvalue weighted by atomic mass is 9.90. The van der Waals surface area contributed by atoms with E-state index in [0.29, 0.717) is 13.1 Å². The predicted octanol–water partition coefficient (Wildman–Crippen LogP) is 2.07. The molecule has 1 saturated heterocycles. The molecule has 0 radical (unpaired) electrons.